The predicted octanol–water partition coefficient (Wildman–Crippen LogP) is 1.36. The summed E-state index contributed by atoms with van der Waals surface area (Å²) >= 11 is 0. The second-order valence-electron chi connectivity index (χ2n) is 6.49. The van der Waals surface area contributed by atoms with Gasteiger partial charge in [0.25, 0.3) is 11.5 Å². The Morgan fingerprint density at radius 3 is 2.53 bits per heavy atom. The summed E-state index contributed by atoms with van der Waals surface area (Å²) in [5, 5.41) is 21.5. The Balaban J connectivity index is 2.01. The number of nitrogens with one attached hydrogen (secondary N) is 1. The van der Waals surface area contributed by atoms with Crippen LogP contribution in [0.3, 0.4) is 0 Å². The number of hydrogen-bond acceptors (Lipinski definition) is 5. The molecule has 3 N–H and O–H groups in total. The van der Waals surface area contributed by atoms with Crippen molar-refractivity contribution in [3.63, 3.8) is 0 Å². The molecule has 4 rings (SSSR count). The number of rotatable bonds is 5. The van der Waals surface area contributed by atoms with E-state index >= 15 is 0 Å². The lowest BCUT2D eigenvalue weighted by molar-refractivity contribution is -0.135. The number of carboxylic acids is 1. The third-order valence-corrected chi connectivity index (χ3v) is 4.58. The summed E-state index contributed by atoms with van der Waals surface area (Å²) in [6, 6.07) is 12.6. The molecule has 152 valence electrons. The number of halogens is 1. The minimum Gasteiger partial charge on any atom is -0.504 e. The maximum Gasteiger partial charge on any atom is 0.322 e. The first-order valence-corrected chi connectivity index (χ1v) is 8.85. The Morgan fingerprint density at radius 2 is 1.80 bits per heavy atom. The number of aromatic hydroxyl groups is 1. The van der Waals surface area contributed by atoms with Crippen LogP contribution in [0.4, 0.5) is 4.39 Å². The molecule has 0 saturated heterocycles. The molecule has 0 spiro atoms. The number of carbonyl (C=O) groups is 2. The van der Waals surface area contributed by atoms with Crippen molar-refractivity contribution in [2.24, 2.45) is 0 Å². The minimum absolute atomic E-state index is 0.0902. The van der Waals surface area contributed by atoms with Crippen LogP contribution in [-0.2, 0) is 11.3 Å². The summed E-state index contributed by atoms with van der Waals surface area (Å²) in [6.45, 7) is -0.992. The highest BCUT2D eigenvalue weighted by Crippen LogP contribution is 2.25. The Hall–Kier alpha value is -4.21. The van der Waals surface area contributed by atoms with Gasteiger partial charge in [0.05, 0.1) is 17.6 Å². The molecule has 0 aliphatic rings. The monoisotopic (exact) mass is 410 g/mol. The van der Waals surface area contributed by atoms with Crippen LogP contribution >= 0.6 is 0 Å². The van der Waals surface area contributed by atoms with Crippen LogP contribution in [0.1, 0.15) is 15.9 Å². The van der Waals surface area contributed by atoms with Crippen LogP contribution in [0, 0.1) is 5.82 Å². The van der Waals surface area contributed by atoms with E-state index in [9.17, 15) is 23.9 Å². The highest BCUT2D eigenvalue weighted by molar-refractivity contribution is 6.00. The molecule has 0 aliphatic carbocycles. The van der Waals surface area contributed by atoms with Crippen molar-refractivity contribution in [1.29, 1.82) is 0 Å². The number of imidazole rings is 1. The van der Waals surface area contributed by atoms with Gasteiger partial charge in [0.2, 0.25) is 0 Å². The number of carbonyl (C=O) groups excluding carboxylic acids is 1. The van der Waals surface area contributed by atoms with Gasteiger partial charge in [-0.25, -0.2) is 18.6 Å². The van der Waals surface area contributed by atoms with E-state index in [4.69, 9.17) is 5.11 Å². The van der Waals surface area contributed by atoms with Gasteiger partial charge in [-0.2, -0.15) is 0 Å². The number of nitrogens with zero attached hydrogens (tertiary/aromatic N) is 3. The summed E-state index contributed by atoms with van der Waals surface area (Å²) in [7, 11) is 0. The molecule has 0 fully saturated rings. The molecule has 2 aromatic carbocycles. The molecule has 0 radical (unpaired) electrons. The third-order valence-electron chi connectivity index (χ3n) is 4.58. The molecular formula is C20H15FN4O5. The smallest absolute Gasteiger partial charge is 0.322 e. The molecule has 0 aliphatic heterocycles. The van der Waals surface area contributed by atoms with Crippen LogP contribution in [0.2, 0.25) is 0 Å². The van der Waals surface area contributed by atoms with E-state index in [0.29, 0.717) is 11.0 Å². The summed E-state index contributed by atoms with van der Waals surface area (Å²) in [5.74, 6) is -3.63. The van der Waals surface area contributed by atoms with Gasteiger partial charge in [0, 0.05) is 5.56 Å². The first-order chi connectivity index (χ1) is 14.4. The lowest BCUT2D eigenvalue weighted by Crippen LogP contribution is -2.37. The highest BCUT2D eigenvalue weighted by Gasteiger charge is 2.25. The third kappa shape index (κ3) is 3.13. The first kappa shape index (κ1) is 19.1. The Labute approximate surface area is 167 Å². The van der Waals surface area contributed by atoms with E-state index in [2.05, 4.69) is 10.3 Å². The van der Waals surface area contributed by atoms with Gasteiger partial charge in [-0.15, -0.1) is 0 Å². The van der Waals surface area contributed by atoms with Crippen molar-refractivity contribution in [3.8, 4) is 5.75 Å². The molecule has 0 bridgehead atoms. The largest absolute Gasteiger partial charge is 0.504 e. The molecule has 10 heteroatoms. The highest BCUT2D eigenvalue weighted by atomic mass is 19.1. The zero-order valence-electron chi connectivity index (χ0n) is 15.4. The van der Waals surface area contributed by atoms with Crippen LogP contribution in [0.15, 0.2) is 53.3 Å². The summed E-state index contributed by atoms with van der Waals surface area (Å²) < 4.78 is 16.7. The fraction of sp³-hybridized carbons (Fsp3) is 0.100. The minimum atomic E-state index is -1.32. The van der Waals surface area contributed by atoms with Crippen molar-refractivity contribution in [2.75, 3.05) is 6.54 Å². The molecule has 1 amide bonds. The van der Waals surface area contributed by atoms with Crippen molar-refractivity contribution in [2.45, 2.75) is 6.54 Å². The number of amides is 1. The van der Waals surface area contributed by atoms with Gasteiger partial charge in [-0.05, 0) is 18.2 Å². The lowest BCUT2D eigenvalue weighted by atomic mass is 10.2. The summed E-state index contributed by atoms with van der Waals surface area (Å²) in [6.07, 6.45) is 0. The topological polar surface area (TPSA) is 126 Å². The van der Waals surface area contributed by atoms with E-state index in [0.717, 1.165) is 4.68 Å². The van der Waals surface area contributed by atoms with Crippen molar-refractivity contribution in [3.05, 3.63) is 75.8 Å². The Kier molecular flexibility index (Phi) is 4.66. The van der Waals surface area contributed by atoms with E-state index in [1.807, 2.05) is 0 Å². The van der Waals surface area contributed by atoms with Gasteiger partial charge in [0.15, 0.2) is 17.0 Å². The van der Waals surface area contributed by atoms with Crippen molar-refractivity contribution < 1.29 is 24.2 Å². The SMILES string of the molecule is O=C(O)CNC(=O)c1c(O)c2nc3ccccc3n2n(Cc2ccccc2F)c1=O. The number of benzene rings is 2. The molecule has 2 aromatic heterocycles. The van der Waals surface area contributed by atoms with Gasteiger partial charge in [-0.1, -0.05) is 30.3 Å². The number of aromatic nitrogens is 3. The van der Waals surface area contributed by atoms with E-state index < -0.39 is 41.1 Å². The van der Waals surface area contributed by atoms with Crippen molar-refractivity contribution in [1.82, 2.24) is 19.5 Å². The Morgan fingerprint density at radius 1 is 1.10 bits per heavy atom. The number of para-hydroxylation sites is 2. The average molecular weight is 410 g/mol. The number of aliphatic carboxylic acids is 1. The van der Waals surface area contributed by atoms with Gasteiger partial charge in [-0.3, -0.25) is 14.4 Å². The molecule has 0 atom stereocenters. The standard InChI is InChI=1S/C20H15FN4O5/c21-12-6-2-1-5-11(12)10-24-20(30)16(19(29)22-9-15(26)27)17(28)18-23-13-7-3-4-8-14(13)25(18)24/h1-8,28H,9-10H2,(H,22,29)(H,26,27). The zero-order chi connectivity index (χ0) is 21.4. The van der Waals surface area contributed by atoms with Crippen LogP contribution in [0.5, 0.6) is 5.75 Å². The maximum atomic E-state index is 14.3. The fourth-order valence-corrected chi connectivity index (χ4v) is 3.22. The predicted molar refractivity (Wildman–Crippen MR) is 104 cm³/mol. The summed E-state index contributed by atoms with van der Waals surface area (Å²) in [4.78, 5) is 40.7. The van der Waals surface area contributed by atoms with E-state index in [1.165, 1.54) is 22.7 Å². The van der Waals surface area contributed by atoms with Crippen molar-refractivity contribution >= 4 is 28.6 Å². The van der Waals surface area contributed by atoms with Crippen LogP contribution in [0.25, 0.3) is 16.7 Å². The molecular weight excluding hydrogens is 395 g/mol. The molecule has 4 aromatic rings. The van der Waals surface area contributed by atoms with Crippen LogP contribution in [-0.4, -0.2) is 42.8 Å². The van der Waals surface area contributed by atoms with Gasteiger partial charge >= 0.3 is 5.97 Å². The molecule has 0 saturated carbocycles. The zero-order valence-corrected chi connectivity index (χ0v) is 15.4. The summed E-state index contributed by atoms with van der Waals surface area (Å²) in [5.41, 5.74) is -0.593. The lowest BCUT2D eigenvalue weighted by Gasteiger charge is -2.14. The van der Waals surface area contributed by atoms with E-state index in [1.54, 1.807) is 30.3 Å². The molecule has 9 nitrogen and oxygen atoms in total. The van der Waals surface area contributed by atoms with Gasteiger partial charge in [0.1, 0.15) is 12.4 Å². The number of carboxylic acid groups (broad SMARTS) is 1. The number of hydrogen-bond donors (Lipinski definition) is 3. The Bertz CT molecular complexity index is 1380. The first-order valence-electron chi connectivity index (χ1n) is 8.85. The maximum absolute atomic E-state index is 14.3. The molecule has 30 heavy (non-hydrogen) atoms. The molecule has 2 heterocycles. The quantitative estimate of drug-likeness (QED) is 0.456. The second kappa shape index (κ2) is 7.32. The fourth-order valence-electron chi connectivity index (χ4n) is 3.22. The second-order valence-corrected chi connectivity index (χ2v) is 6.49. The average Bonchev–Trinajstić information content (AvgIpc) is 3.11. The number of fused-ring (bicyclic) bond motifs is 3. The van der Waals surface area contributed by atoms with Gasteiger partial charge < -0.3 is 15.5 Å². The van der Waals surface area contributed by atoms with Crippen LogP contribution < -0.4 is 10.9 Å². The van der Waals surface area contributed by atoms with E-state index in [-0.39, 0.29) is 17.8 Å². The molecule has 0 unspecified atom stereocenters. The normalized spacial score (nSPS) is 11.1.